The lowest BCUT2D eigenvalue weighted by atomic mass is 10.0. The van der Waals surface area contributed by atoms with Gasteiger partial charge in [-0.3, -0.25) is 0 Å². The Morgan fingerprint density at radius 2 is 1.72 bits per heavy atom. The summed E-state index contributed by atoms with van der Waals surface area (Å²) < 4.78 is 31.1. The van der Waals surface area contributed by atoms with Gasteiger partial charge < -0.3 is 9.53 Å². The van der Waals surface area contributed by atoms with Crippen LogP contribution >= 0.6 is 0 Å². The monoisotopic (exact) mass is 355 g/mol. The molecule has 1 aliphatic rings. The van der Waals surface area contributed by atoms with Crippen molar-refractivity contribution in [2.45, 2.75) is 23.0 Å². The summed E-state index contributed by atoms with van der Waals surface area (Å²) in [6.45, 7) is 1.86. The van der Waals surface area contributed by atoms with Gasteiger partial charge in [0.25, 0.3) is 0 Å². The molecule has 2 aromatic rings. The van der Waals surface area contributed by atoms with Crippen molar-refractivity contribution >= 4 is 16.1 Å². The maximum atomic E-state index is 13.0. The van der Waals surface area contributed by atoms with E-state index in [1.807, 2.05) is 13.0 Å². The average molecular weight is 355 g/mol. The van der Waals surface area contributed by atoms with Crippen LogP contribution in [0.2, 0.25) is 0 Å². The number of nitrogens with zero attached hydrogens (tertiary/aromatic N) is 1. The molecule has 3 rings (SSSR count). The van der Waals surface area contributed by atoms with Crippen molar-refractivity contribution in [3.05, 3.63) is 59.7 Å². The second-order valence-corrected chi connectivity index (χ2v) is 8.26. The van der Waals surface area contributed by atoms with E-state index in [4.69, 9.17) is 4.74 Å². The highest BCUT2D eigenvalue weighted by molar-refractivity contribution is 7.92. The highest BCUT2D eigenvalue weighted by Crippen LogP contribution is 2.62. The molecule has 0 N–H and O–H groups in total. The molecule has 6 heteroatoms. The Bertz CT molecular complexity index is 942. The molecule has 0 unspecified atom stereocenters. The van der Waals surface area contributed by atoms with Crippen LogP contribution < -0.4 is 4.74 Å². The third-order valence-electron chi connectivity index (χ3n) is 4.73. The summed E-state index contributed by atoms with van der Waals surface area (Å²) in [5.74, 6) is -0.0665. The molecule has 1 aliphatic carbocycles. The van der Waals surface area contributed by atoms with Crippen LogP contribution in [0.15, 0.2) is 53.4 Å². The van der Waals surface area contributed by atoms with Crippen molar-refractivity contribution in [3.63, 3.8) is 0 Å². The molecule has 1 fully saturated rings. The maximum Gasteiger partial charge on any atom is 0.183 e. The van der Waals surface area contributed by atoms with Gasteiger partial charge in [0.1, 0.15) is 22.7 Å². The Morgan fingerprint density at radius 1 is 1.12 bits per heavy atom. The molecular formula is C19H17NO4S. The van der Waals surface area contributed by atoms with Crippen molar-refractivity contribution in [3.8, 4) is 11.8 Å². The molecule has 0 bridgehead atoms. The van der Waals surface area contributed by atoms with Crippen molar-refractivity contribution in [2.24, 2.45) is 5.41 Å². The summed E-state index contributed by atoms with van der Waals surface area (Å²) in [6.07, 6.45) is 0.471. The zero-order chi connectivity index (χ0) is 18.2. The average Bonchev–Trinajstić information content (AvgIpc) is 3.33. The lowest BCUT2D eigenvalue weighted by Gasteiger charge is -2.05. The van der Waals surface area contributed by atoms with Crippen LogP contribution in [0.3, 0.4) is 0 Å². The van der Waals surface area contributed by atoms with E-state index in [0.717, 1.165) is 5.56 Å². The number of aryl methyl sites for hydroxylation is 1. The number of rotatable bonds is 5. The number of nitriles is 1. The number of ether oxygens (including phenoxy) is 1. The lowest BCUT2D eigenvalue weighted by Crippen LogP contribution is -2.16. The van der Waals surface area contributed by atoms with Crippen LogP contribution in [-0.4, -0.2) is 27.1 Å². The number of sulfone groups is 1. The van der Waals surface area contributed by atoms with Gasteiger partial charge in [-0.25, -0.2) is 8.42 Å². The molecule has 0 saturated heterocycles. The third kappa shape index (κ3) is 2.61. The number of hydrogen-bond acceptors (Lipinski definition) is 5. The largest absolute Gasteiger partial charge is 0.497 e. The SMILES string of the molecule is COc1ccc([C@@H]2[C@H](S(=O)(=O)c3ccc(C)cc3)[C@]2(C#N)C=O)cc1. The molecule has 0 heterocycles. The topological polar surface area (TPSA) is 84.2 Å². The van der Waals surface area contributed by atoms with Gasteiger partial charge in [-0.15, -0.1) is 0 Å². The van der Waals surface area contributed by atoms with Gasteiger partial charge >= 0.3 is 0 Å². The summed E-state index contributed by atoms with van der Waals surface area (Å²) in [4.78, 5) is 11.8. The highest BCUT2D eigenvalue weighted by atomic mass is 32.2. The minimum Gasteiger partial charge on any atom is -0.497 e. The minimum absolute atomic E-state index is 0.126. The molecule has 25 heavy (non-hydrogen) atoms. The van der Waals surface area contributed by atoms with Gasteiger partial charge in [0.05, 0.1) is 18.1 Å². The van der Waals surface area contributed by atoms with Crippen molar-refractivity contribution in [1.82, 2.24) is 0 Å². The van der Waals surface area contributed by atoms with E-state index >= 15 is 0 Å². The van der Waals surface area contributed by atoms with E-state index < -0.39 is 26.4 Å². The summed E-state index contributed by atoms with van der Waals surface area (Å²) in [6, 6.07) is 15.1. The van der Waals surface area contributed by atoms with E-state index in [0.29, 0.717) is 17.6 Å². The molecule has 0 amide bonds. The Hall–Kier alpha value is -2.65. The van der Waals surface area contributed by atoms with Crippen molar-refractivity contribution in [1.29, 1.82) is 5.26 Å². The molecular weight excluding hydrogens is 338 g/mol. The van der Waals surface area contributed by atoms with Crippen LogP contribution in [0.4, 0.5) is 0 Å². The molecule has 0 aliphatic heterocycles. The minimum atomic E-state index is -3.81. The van der Waals surface area contributed by atoms with Crippen LogP contribution in [0.5, 0.6) is 5.75 Å². The highest BCUT2D eigenvalue weighted by Gasteiger charge is 2.72. The van der Waals surface area contributed by atoms with Gasteiger partial charge in [0.15, 0.2) is 9.84 Å². The lowest BCUT2D eigenvalue weighted by molar-refractivity contribution is -0.110. The number of carbonyl (C=O) groups excluding carboxylic acids is 1. The number of hydrogen-bond donors (Lipinski definition) is 0. The fraction of sp³-hybridized carbons (Fsp3) is 0.263. The maximum absolute atomic E-state index is 13.0. The summed E-state index contributed by atoms with van der Waals surface area (Å²) in [7, 11) is -2.28. The molecule has 3 atom stereocenters. The normalized spacial score (nSPS) is 25.0. The van der Waals surface area contributed by atoms with Gasteiger partial charge in [-0.2, -0.15) is 5.26 Å². The van der Waals surface area contributed by atoms with Crippen LogP contribution in [-0.2, 0) is 14.6 Å². The zero-order valence-corrected chi connectivity index (χ0v) is 14.7. The molecule has 0 aromatic heterocycles. The van der Waals surface area contributed by atoms with E-state index in [-0.39, 0.29) is 4.90 Å². The number of aldehydes is 1. The summed E-state index contributed by atoms with van der Waals surface area (Å²) >= 11 is 0. The van der Waals surface area contributed by atoms with Gasteiger partial charge in [0, 0.05) is 5.92 Å². The zero-order valence-electron chi connectivity index (χ0n) is 13.8. The number of methoxy groups -OCH3 is 1. The third-order valence-corrected chi connectivity index (χ3v) is 6.99. The molecule has 2 aromatic carbocycles. The fourth-order valence-electron chi connectivity index (χ4n) is 3.25. The first-order valence-electron chi connectivity index (χ1n) is 7.73. The first kappa shape index (κ1) is 17.2. The van der Waals surface area contributed by atoms with E-state index in [1.165, 1.54) is 19.2 Å². The van der Waals surface area contributed by atoms with E-state index in [2.05, 4.69) is 0 Å². The first-order valence-corrected chi connectivity index (χ1v) is 9.27. The second-order valence-electron chi connectivity index (χ2n) is 6.19. The second kappa shape index (κ2) is 6.01. The van der Waals surface area contributed by atoms with Crippen LogP contribution in [0.25, 0.3) is 0 Å². The number of carbonyl (C=O) groups is 1. The smallest absolute Gasteiger partial charge is 0.183 e. The predicted molar refractivity (Wildman–Crippen MR) is 92.0 cm³/mol. The van der Waals surface area contributed by atoms with E-state index in [9.17, 15) is 18.5 Å². The predicted octanol–water partition coefficient (Wildman–Crippen LogP) is 2.65. The van der Waals surface area contributed by atoms with Gasteiger partial charge in [-0.05, 0) is 36.8 Å². The standard InChI is InChI=1S/C19H17NO4S/c1-13-3-9-16(10-4-13)25(22,23)18-17(19(18,11-20)12-21)14-5-7-15(24-2)8-6-14/h3-10,12,17-18H,1-2H3/t17-,18+,19-/m1/s1. The molecule has 0 radical (unpaired) electrons. The van der Waals surface area contributed by atoms with Crippen molar-refractivity contribution < 1.29 is 17.9 Å². The molecule has 128 valence electrons. The molecule has 0 spiro atoms. The van der Waals surface area contributed by atoms with E-state index in [1.54, 1.807) is 36.4 Å². The van der Waals surface area contributed by atoms with Crippen LogP contribution in [0, 0.1) is 23.7 Å². The Balaban J connectivity index is 2.05. The van der Waals surface area contributed by atoms with Gasteiger partial charge in [0.2, 0.25) is 0 Å². The number of benzene rings is 2. The van der Waals surface area contributed by atoms with Crippen LogP contribution in [0.1, 0.15) is 17.0 Å². The Kier molecular flexibility index (Phi) is 4.13. The fourth-order valence-corrected chi connectivity index (χ4v) is 5.49. The summed E-state index contributed by atoms with van der Waals surface area (Å²) in [5.41, 5.74) is 0.0108. The van der Waals surface area contributed by atoms with Gasteiger partial charge in [-0.1, -0.05) is 29.8 Å². The molecule has 5 nitrogen and oxygen atoms in total. The summed E-state index contributed by atoms with van der Waals surface area (Å²) in [5, 5.41) is 8.46. The Morgan fingerprint density at radius 3 is 2.20 bits per heavy atom. The van der Waals surface area contributed by atoms with Crippen molar-refractivity contribution in [2.75, 3.05) is 7.11 Å². The first-order chi connectivity index (χ1) is 11.9. The Labute approximate surface area is 146 Å². The quantitative estimate of drug-likeness (QED) is 0.770. The molecule has 1 saturated carbocycles.